The molecule has 1 amide bonds. The van der Waals surface area contributed by atoms with Crippen LogP contribution < -0.4 is 10.1 Å². The Kier molecular flexibility index (Phi) is 5.03. The SMILES string of the molecule is CC(C)c1ncc(CNC(=O)c2ccc(OC(F)F)cn2)[nH]1. The molecule has 0 aliphatic carbocycles. The third-order valence-corrected chi connectivity index (χ3v) is 2.83. The topological polar surface area (TPSA) is 79.9 Å². The molecule has 0 unspecified atom stereocenters. The number of imidazole rings is 1. The number of amides is 1. The number of pyridine rings is 1. The lowest BCUT2D eigenvalue weighted by Gasteiger charge is -2.06. The number of carbonyl (C=O) groups excluding carboxylic acids is 1. The van der Waals surface area contributed by atoms with Crippen LogP contribution in [0, 0.1) is 0 Å². The number of alkyl halides is 2. The normalized spacial score (nSPS) is 11.0. The maximum Gasteiger partial charge on any atom is 0.387 e. The standard InChI is InChI=1S/C14H16F2N4O2/c1-8(2)12-18-5-9(20-12)6-19-13(21)11-4-3-10(7-17-11)22-14(15)16/h3-5,7-8,14H,6H2,1-2H3,(H,18,20)(H,19,21). The first-order valence-corrected chi connectivity index (χ1v) is 6.68. The summed E-state index contributed by atoms with van der Waals surface area (Å²) in [5.74, 6) is 0.607. The quantitative estimate of drug-likeness (QED) is 0.859. The van der Waals surface area contributed by atoms with Crippen LogP contribution in [0.1, 0.15) is 41.8 Å². The molecule has 0 fully saturated rings. The fraction of sp³-hybridized carbons (Fsp3) is 0.357. The van der Waals surface area contributed by atoms with Gasteiger partial charge in [-0.25, -0.2) is 9.97 Å². The third kappa shape index (κ3) is 4.24. The maximum atomic E-state index is 12.0. The highest BCUT2D eigenvalue weighted by molar-refractivity contribution is 5.92. The number of aromatic nitrogens is 3. The molecule has 0 aromatic carbocycles. The van der Waals surface area contributed by atoms with Gasteiger partial charge in [-0.3, -0.25) is 4.79 Å². The zero-order chi connectivity index (χ0) is 16.1. The lowest BCUT2D eigenvalue weighted by molar-refractivity contribution is -0.0500. The highest BCUT2D eigenvalue weighted by Crippen LogP contribution is 2.13. The van der Waals surface area contributed by atoms with Crippen LogP contribution in [0.3, 0.4) is 0 Å². The zero-order valence-corrected chi connectivity index (χ0v) is 12.1. The molecule has 2 aromatic heterocycles. The van der Waals surface area contributed by atoms with E-state index in [1.54, 1.807) is 6.20 Å². The van der Waals surface area contributed by atoms with Crippen LogP contribution in [0.25, 0.3) is 0 Å². The Morgan fingerprint density at radius 3 is 2.64 bits per heavy atom. The van der Waals surface area contributed by atoms with Gasteiger partial charge in [0.1, 0.15) is 17.3 Å². The molecule has 0 spiro atoms. The number of aromatic amines is 1. The molecule has 0 aliphatic heterocycles. The number of hydrogen-bond acceptors (Lipinski definition) is 4. The van der Waals surface area contributed by atoms with Gasteiger partial charge in [0.05, 0.1) is 24.6 Å². The summed E-state index contributed by atoms with van der Waals surface area (Å²) < 4.78 is 28.2. The molecular formula is C14H16F2N4O2. The fourth-order valence-electron chi connectivity index (χ4n) is 1.71. The van der Waals surface area contributed by atoms with E-state index in [1.165, 1.54) is 12.1 Å². The minimum atomic E-state index is -2.92. The summed E-state index contributed by atoms with van der Waals surface area (Å²) in [5, 5.41) is 2.67. The van der Waals surface area contributed by atoms with Crippen molar-refractivity contribution in [1.82, 2.24) is 20.3 Å². The van der Waals surface area contributed by atoms with Crippen molar-refractivity contribution in [2.75, 3.05) is 0 Å². The summed E-state index contributed by atoms with van der Waals surface area (Å²) in [5.41, 5.74) is 0.889. The van der Waals surface area contributed by atoms with Crippen molar-refractivity contribution in [2.45, 2.75) is 32.9 Å². The monoisotopic (exact) mass is 310 g/mol. The molecule has 6 nitrogen and oxygen atoms in total. The van der Waals surface area contributed by atoms with Gasteiger partial charge < -0.3 is 15.0 Å². The van der Waals surface area contributed by atoms with Gasteiger partial charge in [-0.05, 0) is 12.1 Å². The summed E-state index contributed by atoms with van der Waals surface area (Å²) in [6.45, 7) is 1.37. The molecule has 2 heterocycles. The molecule has 0 bridgehead atoms. The van der Waals surface area contributed by atoms with Crippen molar-refractivity contribution in [3.05, 3.63) is 41.7 Å². The zero-order valence-electron chi connectivity index (χ0n) is 12.1. The van der Waals surface area contributed by atoms with Crippen LogP contribution in [-0.4, -0.2) is 27.5 Å². The predicted octanol–water partition coefficient (Wildman–Crippen LogP) is 2.46. The van der Waals surface area contributed by atoms with Crippen LogP contribution in [0.2, 0.25) is 0 Å². The van der Waals surface area contributed by atoms with Crippen molar-refractivity contribution in [3.63, 3.8) is 0 Å². The Labute approximate surface area is 125 Å². The highest BCUT2D eigenvalue weighted by atomic mass is 19.3. The Balaban J connectivity index is 1.91. The molecule has 118 valence electrons. The van der Waals surface area contributed by atoms with Gasteiger partial charge in [-0.2, -0.15) is 8.78 Å². The summed E-state index contributed by atoms with van der Waals surface area (Å²) >= 11 is 0. The van der Waals surface area contributed by atoms with E-state index >= 15 is 0 Å². The molecular weight excluding hydrogens is 294 g/mol. The molecule has 2 rings (SSSR count). The molecule has 2 N–H and O–H groups in total. The first kappa shape index (κ1) is 15.9. The largest absolute Gasteiger partial charge is 0.433 e. The molecule has 0 atom stereocenters. The number of rotatable bonds is 6. The van der Waals surface area contributed by atoms with Crippen LogP contribution in [0.4, 0.5) is 8.78 Å². The second-order valence-corrected chi connectivity index (χ2v) is 4.89. The Morgan fingerprint density at radius 1 is 1.32 bits per heavy atom. The van der Waals surface area contributed by atoms with Crippen LogP contribution in [0.15, 0.2) is 24.5 Å². The van der Waals surface area contributed by atoms with E-state index in [1.807, 2.05) is 13.8 Å². The first-order chi connectivity index (χ1) is 10.5. The van der Waals surface area contributed by atoms with E-state index in [4.69, 9.17) is 0 Å². The fourth-order valence-corrected chi connectivity index (χ4v) is 1.71. The lowest BCUT2D eigenvalue weighted by atomic mass is 10.2. The molecule has 0 radical (unpaired) electrons. The van der Waals surface area contributed by atoms with Gasteiger partial charge in [0.15, 0.2) is 0 Å². The van der Waals surface area contributed by atoms with E-state index in [-0.39, 0.29) is 23.9 Å². The number of hydrogen-bond donors (Lipinski definition) is 2. The molecule has 8 heteroatoms. The predicted molar refractivity (Wildman–Crippen MR) is 74.7 cm³/mol. The third-order valence-electron chi connectivity index (χ3n) is 2.83. The molecule has 0 saturated heterocycles. The van der Waals surface area contributed by atoms with E-state index < -0.39 is 12.5 Å². The van der Waals surface area contributed by atoms with Gasteiger partial charge in [-0.15, -0.1) is 0 Å². The van der Waals surface area contributed by atoms with Crippen molar-refractivity contribution >= 4 is 5.91 Å². The average Bonchev–Trinajstić information content (AvgIpc) is 2.94. The minimum Gasteiger partial charge on any atom is -0.433 e. The minimum absolute atomic E-state index is 0.0957. The second-order valence-electron chi connectivity index (χ2n) is 4.89. The second kappa shape index (κ2) is 6.97. The van der Waals surface area contributed by atoms with Crippen LogP contribution in [-0.2, 0) is 6.54 Å². The number of H-pyrrole nitrogens is 1. The molecule has 0 aliphatic rings. The van der Waals surface area contributed by atoms with Gasteiger partial charge in [-0.1, -0.05) is 13.8 Å². The van der Waals surface area contributed by atoms with Crippen LogP contribution in [0.5, 0.6) is 5.75 Å². The van der Waals surface area contributed by atoms with E-state index in [0.717, 1.165) is 17.7 Å². The number of carbonyl (C=O) groups is 1. The summed E-state index contributed by atoms with van der Waals surface area (Å²) in [7, 11) is 0. The van der Waals surface area contributed by atoms with Gasteiger partial charge in [0.2, 0.25) is 0 Å². The number of nitrogens with zero attached hydrogens (tertiary/aromatic N) is 2. The highest BCUT2D eigenvalue weighted by Gasteiger charge is 2.10. The number of nitrogens with one attached hydrogen (secondary N) is 2. The van der Waals surface area contributed by atoms with Gasteiger partial charge in [0, 0.05) is 5.92 Å². The molecule has 22 heavy (non-hydrogen) atoms. The van der Waals surface area contributed by atoms with Crippen molar-refractivity contribution < 1.29 is 18.3 Å². The first-order valence-electron chi connectivity index (χ1n) is 6.68. The lowest BCUT2D eigenvalue weighted by Crippen LogP contribution is -2.24. The smallest absolute Gasteiger partial charge is 0.387 e. The Morgan fingerprint density at radius 2 is 2.09 bits per heavy atom. The Hall–Kier alpha value is -2.51. The average molecular weight is 310 g/mol. The van der Waals surface area contributed by atoms with Crippen LogP contribution >= 0.6 is 0 Å². The summed E-state index contributed by atoms with van der Waals surface area (Å²) in [4.78, 5) is 23.0. The van der Waals surface area contributed by atoms with Crippen molar-refractivity contribution in [3.8, 4) is 5.75 Å². The van der Waals surface area contributed by atoms with Crippen molar-refractivity contribution in [1.29, 1.82) is 0 Å². The molecule has 0 saturated carbocycles. The Bertz CT molecular complexity index is 626. The maximum absolute atomic E-state index is 12.0. The van der Waals surface area contributed by atoms with E-state index in [9.17, 15) is 13.6 Å². The van der Waals surface area contributed by atoms with Crippen molar-refractivity contribution in [2.24, 2.45) is 0 Å². The molecule has 2 aromatic rings. The van der Waals surface area contributed by atoms with Gasteiger partial charge >= 0.3 is 6.61 Å². The van der Waals surface area contributed by atoms with Gasteiger partial charge in [0.25, 0.3) is 5.91 Å². The summed E-state index contributed by atoms with van der Waals surface area (Å²) in [6.07, 6.45) is 2.73. The number of halogens is 2. The number of ether oxygens (including phenoxy) is 1. The van der Waals surface area contributed by atoms with E-state index in [2.05, 4.69) is 25.0 Å². The van der Waals surface area contributed by atoms with E-state index in [0.29, 0.717) is 0 Å². The summed E-state index contributed by atoms with van der Waals surface area (Å²) in [6, 6.07) is 2.58.